The number of imide groups is 1. The van der Waals surface area contributed by atoms with Gasteiger partial charge in [0.05, 0.1) is 0 Å². The number of amides is 3. The molecule has 0 saturated carbocycles. The zero-order chi connectivity index (χ0) is 15.0. The van der Waals surface area contributed by atoms with Crippen LogP contribution in [0.2, 0.25) is 0 Å². The lowest BCUT2D eigenvalue weighted by molar-refractivity contribution is -0.121. The Morgan fingerprint density at radius 2 is 2.00 bits per heavy atom. The van der Waals surface area contributed by atoms with Crippen LogP contribution in [-0.4, -0.2) is 25.1 Å². The Balaban J connectivity index is 2.74. The molecule has 0 heterocycles. The van der Waals surface area contributed by atoms with E-state index in [4.69, 9.17) is 10.5 Å². The van der Waals surface area contributed by atoms with Crippen molar-refractivity contribution in [2.75, 3.05) is 13.2 Å². The third kappa shape index (κ3) is 4.89. The van der Waals surface area contributed by atoms with E-state index < -0.39 is 11.9 Å². The van der Waals surface area contributed by atoms with E-state index in [0.29, 0.717) is 5.75 Å². The molecule has 6 nitrogen and oxygen atoms in total. The number of primary amides is 1. The smallest absolute Gasteiger partial charge is 0.318 e. The van der Waals surface area contributed by atoms with Crippen molar-refractivity contribution in [3.63, 3.8) is 0 Å². The monoisotopic (exact) mass is 279 g/mol. The Labute approximate surface area is 118 Å². The fourth-order valence-electron chi connectivity index (χ4n) is 1.94. The van der Waals surface area contributed by atoms with E-state index in [1.54, 1.807) is 6.07 Å². The number of para-hydroxylation sites is 1. The maximum Gasteiger partial charge on any atom is 0.318 e. The molecule has 1 aromatic carbocycles. The standard InChI is InChI=1S/C14H21N3O3/c1-3-11(16-4-2)10-7-5-6-8-12(10)20-9-13(18)17-14(15)19/h5-8,11,16H,3-4,9H2,1-2H3,(H3,15,17,18,19). The molecule has 0 bridgehead atoms. The molecule has 1 atom stereocenters. The van der Waals surface area contributed by atoms with Crippen LogP contribution in [0, 0.1) is 0 Å². The Morgan fingerprint density at radius 1 is 1.30 bits per heavy atom. The number of urea groups is 1. The molecule has 0 saturated heterocycles. The lowest BCUT2D eigenvalue weighted by Gasteiger charge is -2.19. The highest BCUT2D eigenvalue weighted by molar-refractivity contribution is 5.94. The Morgan fingerprint density at radius 3 is 2.60 bits per heavy atom. The predicted octanol–water partition coefficient (Wildman–Crippen LogP) is 1.32. The largest absolute Gasteiger partial charge is 0.483 e. The second kappa shape index (κ2) is 8.16. The summed E-state index contributed by atoms with van der Waals surface area (Å²) in [5, 5.41) is 5.31. The first-order valence-corrected chi connectivity index (χ1v) is 6.62. The zero-order valence-corrected chi connectivity index (χ0v) is 11.8. The van der Waals surface area contributed by atoms with Gasteiger partial charge in [-0.25, -0.2) is 4.79 Å². The first-order chi connectivity index (χ1) is 9.58. The number of nitrogens with two attached hydrogens (primary N) is 1. The van der Waals surface area contributed by atoms with Crippen molar-refractivity contribution in [3.8, 4) is 5.75 Å². The van der Waals surface area contributed by atoms with Gasteiger partial charge in [-0.1, -0.05) is 32.0 Å². The minimum atomic E-state index is -0.883. The fraction of sp³-hybridized carbons (Fsp3) is 0.429. The Hall–Kier alpha value is -2.08. The second-order valence-corrected chi connectivity index (χ2v) is 4.26. The summed E-state index contributed by atoms with van der Waals surface area (Å²) in [7, 11) is 0. The highest BCUT2D eigenvalue weighted by atomic mass is 16.5. The predicted molar refractivity (Wildman–Crippen MR) is 76.4 cm³/mol. The molecular formula is C14H21N3O3. The molecular weight excluding hydrogens is 258 g/mol. The number of rotatable bonds is 7. The summed E-state index contributed by atoms with van der Waals surface area (Å²) in [6, 6.07) is 6.79. The third-order valence-corrected chi connectivity index (χ3v) is 2.77. The van der Waals surface area contributed by atoms with Gasteiger partial charge in [-0.15, -0.1) is 0 Å². The Bertz CT molecular complexity index is 463. The number of benzene rings is 1. The van der Waals surface area contributed by atoms with Gasteiger partial charge in [-0.3, -0.25) is 10.1 Å². The van der Waals surface area contributed by atoms with E-state index in [1.807, 2.05) is 30.4 Å². The van der Waals surface area contributed by atoms with Crippen molar-refractivity contribution < 1.29 is 14.3 Å². The number of carbonyl (C=O) groups is 2. The molecule has 0 aliphatic rings. The van der Waals surface area contributed by atoms with Crippen molar-refractivity contribution in [2.45, 2.75) is 26.3 Å². The number of nitrogens with one attached hydrogen (secondary N) is 2. The molecule has 0 spiro atoms. The highest BCUT2D eigenvalue weighted by Gasteiger charge is 2.14. The lowest BCUT2D eigenvalue weighted by Crippen LogP contribution is -2.38. The molecule has 0 aromatic heterocycles. The van der Waals surface area contributed by atoms with Crippen LogP contribution >= 0.6 is 0 Å². The van der Waals surface area contributed by atoms with Gasteiger partial charge in [0.15, 0.2) is 6.61 Å². The minimum absolute atomic E-state index is 0.162. The molecule has 1 rings (SSSR count). The van der Waals surface area contributed by atoms with Crippen LogP contribution in [0.25, 0.3) is 0 Å². The summed E-state index contributed by atoms with van der Waals surface area (Å²) in [6.45, 7) is 4.70. The summed E-state index contributed by atoms with van der Waals surface area (Å²) in [6.07, 6.45) is 0.904. The van der Waals surface area contributed by atoms with Crippen molar-refractivity contribution in [3.05, 3.63) is 29.8 Å². The van der Waals surface area contributed by atoms with Gasteiger partial charge in [0, 0.05) is 11.6 Å². The molecule has 4 N–H and O–H groups in total. The number of hydrogen-bond acceptors (Lipinski definition) is 4. The molecule has 3 amide bonds. The summed E-state index contributed by atoms with van der Waals surface area (Å²) >= 11 is 0. The summed E-state index contributed by atoms with van der Waals surface area (Å²) < 4.78 is 5.47. The number of hydrogen-bond donors (Lipinski definition) is 3. The van der Waals surface area contributed by atoms with Crippen molar-refractivity contribution in [2.24, 2.45) is 5.73 Å². The van der Waals surface area contributed by atoms with E-state index in [2.05, 4.69) is 12.2 Å². The zero-order valence-electron chi connectivity index (χ0n) is 11.8. The maximum absolute atomic E-state index is 11.4. The van der Waals surface area contributed by atoms with Gasteiger partial charge in [-0.05, 0) is 19.0 Å². The molecule has 20 heavy (non-hydrogen) atoms. The van der Waals surface area contributed by atoms with E-state index in [9.17, 15) is 9.59 Å². The van der Waals surface area contributed by atoms with E-state index in [-0.39, 0.29) is 12.6 Å². The quantitative estimate of drug-likeness (QED) is 0.701. The molecule has 1 aromatic rings. The summed E-state index contributed by atoms with van der Waals surface area (Å²) in [5.41, 5.74) is 5.85. The van der Waals surface area contributed by atoms with Crippen LogP contribution in [-0.2, 0) is 4.79 Å². The van der Waals surface area contributed by atoms with Crippen LogP contribution in [0.5, 0.6) is 5.75 Å². The van der Waals surface area contributed by atoms with E-state index >= 15 is 0 Å². The number of carbonyl (C=O) groups excluding carboxylic acids is 2. The van der Waals surface area contributed by atoms with Crippen molar-refractivity contribution in [1.29, 1.82) is 0 Å². The van der Waals surface area contributed by atoms with Crippen LogP contribution in [0.1, 0.15) is 31.9 Å². The van der Waals surface area contributed by atoms with Gasteiger partial charge in [0.2, 0.25) is 0 Å². The lowest BCUT2D eigenvalue weighted by atomic mass is 10.0. The Kier molecular flexibility index (Phi) is 6.52. The second-order valence-electron chi connectivity index (χ2n) is 4.26. The molecule has 6 heteroatoms. The SMILES string of the molecule is CCNC(CC)c1ccccc1OCC(=O)NC(N)=O. The minimum Gasteiger partial charge on any atom is -0.483 e. The number of ether oxygens (including phenoxy) is 1. The van der Waals surface area contributed by atoms with E-state index in [1.165, 1.54) is 0 Å². The summed E-state index contributed by atoms with van der Waals surface area (Å²) in [5.74, 6) is 0.0590. The molecule has 0 fully saturated rings. The van der Waals surface area contributed by atoms with Gasteiger partial charge in [-0.2, -0.15) is 0 Å². The normalized spacial score (nSPS) is 11.7. The van der Waals surface area contributed by atoms with E-state index in [0.717, 1.165) is 18.5 Å². The van der Waals surface area contributed by atoms with Crippen molar-refractivity contribution in [1.82, 2.24) is 10.6 Å². The van der Waals surface area contributed by atoms with Crippen LogP contribution in [0.15, 0.2) is 24.3 Å². The van der Waals surface area contributed by atoms with Gasteiger partial charge >= 0.3 is 6.03 Å². The topological polar surface area (TPSA) is 93.4 Å². The van der Waals surface area contributed by atoms with Crippen LogP contribution in [0.3, 0.4) is 0 Å². The molecule has 0 radical (unpaired) electrons. The third-order valence-electron chi connectivity index (χ3n) is 2.77. The van der Waals surface area contributed by atoms with Crippen molar-refractivity contribution >= 4 is 11.9 Å². The molecule has 1 unspecified atom stereocenters. The first-order valence-electron chi connectivity index (χ1n) is 6.62. The molecule has 0 aliphatic carbocycles. The van der Waals surface area contributed by atoms with Crippen LogP contribution in [0.4, 0.5) is 4.79 Å². The van der Waals surface area contributed by atoms with Gasteiger partial charge < -0.3 is 15.8 Å². The van der Waals surface area contributed by atoms with Gasteiger partial charge in [0.25, 0.3) is 5.91 Å². The fourth-order valence-corrected chi connectivity index (χ4v) is 1.94. The average Bonchev–Trinajstić information content (AvgIpc) is 2.42. The maximum atomic E-state index is 11.4. The van der Waals surface area contributed by atoms with Crippen LogP contribution < -0.4 is 21.1 Å². The average molecular weight is 279 g/mol. The first kappa shape index (κ1) is 16.0. The van der Waals surface area contributed by atoms with Gasteiger partial charge in [0.1, 0.15) is 5.75 Å². The highest BCUT2D eigenvalue weighted by Crippen LogP contribution is 2.26. The molecule has 0 aliphatic heterocycles. The summed E-state index contributed by atoms with van der Waals surface area (Å²) in [4.78, 5) is 21.9. The molecule has 110 valence electrons.